The van der Waals surface area contributed by atoms with Gasteiger partial charge in [0.05, 0.1) is 0 Å². The molecule has 0 saturated heterocycles. The van der Waals surface area contributed by atoms with Gasteiger partial charge in [0.1, 0.15) is 0 Å². The van der Waals surface area contributed by atoms with Crippen molar-refractivity contribution in [3.63, 3.8) is 0 Å². The Balaban J connectivity index is 3.35. The highest BCUT2D eigenvalue weighted by Gasteiger charge is 1.90. The number of carbonyl (C=O) groups is 1. The lowest BCUT2D eigenvalue weighted by molar-refractivity contribution is -0.131. The first kappa shape index (κ1) is 21.4. The molecule has 0 amide bonds. The Morgan fingerprint density at radius 1 is 0.696 bits per heavy atom. The highest BCUT2D eigenvalue weighted by atomic mass is 16.4. The molecule has 0 aliphatic carbocycles. The van der Waals surface area contributed by atoms with E-state index in [4.69, 9.17) is 10.2 Å². The van der Waals surface area contributed by atoms with Gasteiger partial charge in [0.15, 0.2) is 0 Å². The molecule has 0 aromatic heterocycles. The Labute approximate surface area is 141 Å². The number of hydrogen-bond acceptors (Lipinski definition) is 2. The molecule has 0 bridgehead atoms. The minimum absolute atomic E-state index is 0.329. The normalized spacial score (nSPS) is 12.4. The van der Waals surface area contributed by atoms with E-state index in [-0.39, 0.29) is 0 Å². The van der Waals surface area contributed by atoms with Gasteiger partial charge in [-0.1, -0.05) is 74.6 Å². The van der Waals surface area contributed by atoms with E-state index in [0.717, 1.165) is 31.8 Å². The van der Waals surface area contributed by atoms with Crippen molar-refractivity contribution in [2.75, 3.05) is 6.61 Å². The molecule has 0 aliphatic heterocycles. The molecule has 0 radical (unpaired) electrons. The van der Waals surface area contributed by atoms with Gasteiger partial charge in [0, 0.05) is 12.7 Å². The molecule has 0 saturated carbocycles. The summed E-state index contributed by atoms with van der Waals surface area (Å²) in [6, 6.07) is 0. The maximum atomic E-state index is 10.2. The fourth-order valence-electron chi connectivity index (χ4n) is 2.11. The number of allylic oxidation sites excluding steroid dienone is 7. The van der Waals surface area contributed by atoms with E-state index in [1.165, 1.54) is 32.1 Å². The third kappa shape index (κ3) is 20.4. The van der Waals surface area contributed by atoms with Gasteiger partial charge >= 0.3 is 5.97 Å². The summed E-state index contributed by atoms with van der Waals surface area (Å²) in [6.45, 7) is 0.329. The minimum Gasteiger partial charge on any atom is -0.478 e. The first-order valence-corrected chi connectivity index (χ1v) is 8.74. The van der Waals surface area contributed by atoms with Crippen LogP contribution in [0.4, 0.5) is 0 Å². The molecule has 0 heterocycles. The van der Waals surface area contributed by atoms with E-state index in [1.807, 2.05) is 12.2 Å². The Kier molecular flexibility index (Phi) is 17.1. The smallest absolute Gasteiger partial charge is 0.327 e. The number of aliphatic carboxylic acids is 1. The van der Waals surface area contributed by atoms with Crippen molar-refractivity contribution in [3.8, 4) is 0 Å². The molecule has 0 aromatic rings. The standard InChI is InChI=1S/C20H32O3/c21-19-17-15-13-11-9-7-5-3-1-2-4-6-8-10-12-14-16-18-20(22)23/h1-2,4,6,10,12,16,18,21H,3,5,7-9,11,13-15,17,19H2,(H,22,23)/b2-1?,6-4-,12-10-,18-16?. The van der Waals surface area contributed by atoms with E-state index in [0.29, 0.717) is 13.0 Å². The summed E-state index contributed by atoms with van der Waals surface area (Å²) in [7, 11) is 0. The summed E-state index contributed by atoms with van der Waals surface area (Å²) in [4.78, 5) is 10.2. The number of aliphatic hydroxyl groups excluding tert-OH is 1. The second kappa shape index (κ2) is 18.4. The number of hydrogen-bond donors (Lipinski definition) is 2. The third-order valence-electron chi connectivity index (χ3n) is 3.38. The Hall–Kier alpha value is -1.61. The predicted molar refractivity (Wildman–Crippen MR) is 97.5 cm³/mol. The van der Waals surface area contributed by atoms with Crippen molar-refractivity contribution in [2.45, 2.75) is 64.2 Å². The first-order chi connectivity index (χ1) is 11.3. The largest absolute Gasteiger partial charge is 0.478 e. The van der Waals surface area contributed by atoms with E-state index < -0.39 is 5.97 Å². The maximum Gasteiger partial charge on any atom is 0.327 e. The van der Waals surface area contributed by atoms with Gasteiger partial charge < -0.3 is 10.2 Å². The Morgan fingerprint density at radius 3 is 1.91 bits per heavy atom. The lowest BCUT2D eigenvalue weighted by Gasteiger charge is -1.99. The van der Waals surface area contributed by atoms with Gasteiger partial charge in [-0.15, -0.1) is 0 Å². The molecule has 0 aromatic carbocycles. The monoisotopic (exact) mass is 320 g/mol. The highest BCUT2D eigenvalue weighted by molar-refractivity contribution is 5.79. The number of rotatable bonds is 15. The van der Waals surface area contributed by atoms with Crippen molar-refractivity contribution in [3.05, 3.63) is 48.6 Å². The van der Waals surface area contributed by atoms with Crippen molar-refractivity contribution in [1.82, 2.24) is 0 Å². The lowest BCUT2D eigenvalue weighted by atomic mass is 10.1. The molecule has 0 fully saturated rings. The van der Waals surface area contributed by atoms with Gasteiger partial charge in [-0.3, -0.25) is 0 Å². The zero-order valence-corrected chi connectivity index (χ0v) is 14.2. The van der Waals surface area contributed by atoms with E-state index in [1.54, 1.807) is 6.08 Å². The molecular formula is C20H32O3. The van der Waals surface area contributed by atoms with Crippen LogP contribution in [0.1, 0.15) is 64.2 Å². The average molecular weight is 320 g/mol. The molecular weight excluding hydrogens is 288 g/mol. The van der Waals surface area contributed by atoms with Gasteiger partial charge in [-0.05, 0) is 32.1 Å². The van der Waals surface area contributed by atoms with Crippen LogP contribution in [0.5, 0.6) is 0 Å². The summed E-state index contributed by atoms with van der Waals surface area (Å²) >= 11 is 0. The number of aliphatic hydroxyl groups is 1. The van der Waals surface area contributed by atoms with E-state index >= 15 is 0 Å². The molecule has 3 nitrogen and oxygen atoms in total. The second-order valence-corrected chi connectivity index (χ2v) is 5.53. The molecule has 0 spiro atoms. The quantitative estimate of drug-likeness (QED) is 0.189. The van der Waals surface area contributed by atoms with Crippen LogP contribution in [0.3, 0.4) is 0 Å². The van der Waals surface area contributed by atoms with E-state index in [9.17, 15) is 4.79 Å². The van der Waals surface area contributed by atoms with Crippen LogP contribution in [0.25, 0.3) is 0 Å². The van der Waals surface area contributed by atoms with Crippen LogP contribution in [0, 0.1) is 0 Å². The van der Waals surface area contributed by atoms with Crippen molar-refractivity contribution >= 4 is 5.97 Å². The van der Waals surface area contributed by atoms with Gasteiger partial charge in [-0.25, -0.2) is 4.79 Å². The fourth-order valence-corrected chi connectivity index (χ4v) is 2.11. The van der Waals surface area contributed by atoms with Crippen LogP contribution in [-0.4, -0.2) is 22.8 Å². The molecule has 23 heavy (non-hydrogen) atoms. The van der Waals surface area contributed by atoms with Crippen LogP contribution in [0.15, 0.2) is 48.6 Å². The van der Waals surface area contributed by atoms with Crippen LogP contribution >= 0.6 is 0 Å². The minimum atomic E-state index is -0.898. The predicted octanol–water partition coefficient (Wildman–Crippen LogP) is 5.19. The topological polar surface area (TPSA) is 57.5 Å². The van der Waals surface area contributed by atoms with Crippen molar-refractivity contribution in [2.24, 2.45) is 0 Å². The summed E-state index contributed by atoms with van der Waals surface area (Å²) in [5, 5.41) is 17.1. The lowest BCUT2D eigenvalue weighted by Crippen LogP contribution is -1.84. The number of unbranched alkanes of at least 4 members (excludes halogenated alkanes) is 7. The summed E-state index contributed by atoms with van der Waals surface area (Å²) in [5.41, 5.74) is 0. The van der Waals surface area contributed by atoms with Crippen LogP contribution in [-0.2, 0) is 4.79 Å². The van der Waals surface area contributed by atoms with E-state index in [2.05, 4.69) is 24.3 Å². The van der Waals surface area contributed by atoms with Gasteiger partial charge in [0.25, 0.3) is 0 Å². The molecule has 0 atom stereocenters. The van der Waals surface area contributed by atoms with Crippen molar-refractivity contribution < 1.29 is 15.0 Å². The van der Waals surface area contributed by atoms with Gasteiger partial charge in [-0.2, -0.15) is 0 Å². The molecule has 3 heteroatoms. The Bertz CT molecular complexity index is 378. The van der Waals surface area contributed by atoms with Crippen LogP contribution < -0.4 is 0 Å². The van der Waals surface area contributed by atoms with Gasteiger partial charge in [0.2, 0.25) is 0 Å². The zero-order valence-electron chi connectivity index (χ0n) is 14.2. The third-order valence-corrected chi connectivity index (χ3v) is 3.38. The average Bonchev–Trinajstić information content (AvgIpc) is 2.53. The molecule has 130 valence electrons. The number of carboxylic acid groups (broad SMARTS) is 1. The second-order valence-electron chi connectivity index (χ2n) is 5.53. The maximum absolute atomic E-state index is 10.2. The molecule has 0 unspecified atom stereocenters. The summed E-state index contributed by atoms with van der Waals surface area (Å²) < 4.78 is 0. The summed E-state index contributed by atoms with van der Waals surface area (Å²) in [6.07, 6.45) is 26.4. The molecule has 0 aliphatic rings. The first-order valence-electron chi connectivity index (χ1n) is 8.74. The van der Waals surface area contributed by atoms with Crippen molar-refractivity contribution in [1.29, 1.82) is 0 Å². The fraction of sp³-hybridized carbons (Fsp3) is 0.550. The Morgan fingerprint density at radius 2 is 1.26 bits per heavy atom. The number of carboxylic acids is 1. The highest BCUT2D eigenvalue weighted by Crippen LogP contribution is 2.08. The SMILES string of the molecule is O=C(O)C=CC/C=C\C/C=C\C=CCCCCCCCCCO. The molecule has 0 rings (SSSR count). The zero-order chi connectivity index (χ0) is 17.0. The summed E-state index contributed by atoms with van der Waals surface area (Å²) in [5.74, 6) is -0.898. The van der Waals surface area contributed by atoms with Crippen LogP contribution in [0.2, 0.25) is 0 Å². The molecule has 2 N–H and O–H groups in total.